The Labute approximate surface area is 180 Å². The van der Waals surface area contributed by atoms with Crippen molar-refractivity contribution in [2.24, 2.45) is 4.99 Å². The second kappa shape index (κ2) is 9.04. The van der Waals surface area contributed by atoms with Crippen LogP contribution in [-0.4, -0.2) is 46.9 Å². The molecule has 0 fully saturated rings. The number of rotatable bonds is 6. The molecule has 3 rings (SSSR count). The highest BCUT2D eigenvalue weighted by atomic mass is 32.2. The fourth-order valence-corrected chi connectivity index (χ4v) is 4.40. The summed E-state index contributed by atoms with van der Waals surface area (Å²) in [6.45, 7) is 5.79. The lowest BCUT2D eigenvalue weighted by atomic mass is 9.93. The van der Waals surface area contributed by atoms with E-state index in [1.807, 2.05) is 31.1 Å². The zero-order chi connectivity index (χ0) is 22.0. The van der Waals surface area contributed by atoms with Gasteiger partial charge >= 0.3 is 0 Å². The Kier molecular flexibility index (Phi) is 6.65. The lowest BCUT2D eigenvalue weighted by Crippen LogP contribution is -2.40. The fourth-order valence-electron chi connectivity index (χ4n) is 3.44. The van der Waals surface area contributed by atoms with Gasteiger partial charge in [-0.05, 0) is 43.4 Å². The normalized spacial score (nSPS) is 19.1. The first-order valence-electron chi connectivity index (χ1n) is 9.93. The predicted molar refractivity (Wildman–Crippen MR) is 118 cm³/mol. The summed E-state index contributed by atoms with van der Waals surface area (Å²) in [4.78, 5) is 33.7. The molecule has 2 heterocycles. The third-order valence-electron chi connectivity index (χ3n) is 5.18. The van der Waals surface area contributed by atoms with Crippen LogP contribution in [0.2, 0.25) is 0 Å². The van der Waals surface area contributed by atoms with Crippen molar-refractivity contribution in [1.82, 2.24) is 15.1 Å². The molecule has 160 valence electrons. The molecule has 8 heteroatoms. The Hall–Kier alpha value is -2.61. The number of thioether (sulfide) groups is 1. The lowest BCUT2D eigenvalue weighted by Gasteiger charge is -2.37. The van der Waals surface area contributed by atoms with E-state index in [-0.39, 0.29) is 30.1 Å². The smallest absolute Gasteiger partial charge is 0.253 e. The van der Waals surface area contributed by atoms with Gasteiger partial charge in [-0.2, -0.15) is 0 Å². The number of aliphatic imine (C=N–C) groups is 1. The van der Waals surface area contributed by atoms with E-state index in [2.05, 4.69) is 10.3 Å². The summed E-state index contributed by atoms with van der Waals surface area (Å²) >= 11 is 1.43. The highest BCUT2D eigenvalue weighted by molar-refractivity contribution is 8.16. The molecule has 6 nitrogen and oxygen atoms in total. The molecule has 0 saturated heterocycles. The minimum Gasteiger partial charge on any atom is -0.353 e. The van der Waals surface area contributed by atoms with Gasteiger partial charge in [0, 0.05) is 25.8 Å². The summed E-state index contributed by atoms with van der Waals surface area (Å²) in [6.07, 6.45) is 1.02. The van der Waals surface area contributed by atoms with Crippen LogP contribution in [0.3, 0.4) is 0 Å². The number of hydrogen-bond donors (Lipinski definition) is 1. The number of amidine groups is 1. The maximum atomic E-state index is 13.6. The molecule has 2 amide bonds. The molecule has 0 saturated carbocycles. The van der Waals surface area contributed by atoms with Crippen molar-refractivity contribution >= 4 is 28.7 Å². The van der Waals surface area contributed by atoms with Gasteiger partial charge in [-0.25, -0.2) is 9.38 Å². The maximum Gasteiger partial charge on any atom is 0.253 e. The monoisotopic (exact) mass is 430 g/mol. The van der Waals surface area contributed by atoms with E-state index >= 15 is 0 Å². The van der Waals surface area contributed by atoms with Crippen LogP contribution in [0.25, 0.3) is 0 Å². The van der Waals surface area contributed by atoms with E-state index in [1.165, 1.54) is 28.8 Å². The molecule has 0 bridgehead atoms. The summed E-state index contributed by atoms with van der Waals surface area (Å²) in [5, 5.41) is 5.60. The van der Waals surface area contributed by atoms with Gasteiger partial charge < -0.3 is 15.1 Å². The minimum absolute atomic E-state index is 0.0814. The molecular formula is C22H27FN4O2S. The third-order valence-corrected chi connectivity index (χ3v) is 6.07. The number of likely N-dealkylation sites (N-methyl/N-ethyl adjacent to an activating group) is 1. The fraction of sp³-hybridized carbons (Fsp3) is 0.409. The van der Waals surface area contributed by atoms with E-state index in [0.717, 1.165) is 17.7 Å². The summed E-state index contributed by atoms with van der Waals surface area (Å²) in [5.41, 5.74) is 2.68. The second-order valence-corrected chi connectivity index (χ2v) is 8.53. The standard InChI is InChI=1S/C22H27FN4O2S/c1-6-13(2)24-18(28)11-17-12-30-22-25-14(3)19(21(29)26(4)5)20(27(17)22)15-7-9-16(23)10-8-15/h7-10,12-13,20H,6,11H2,1-5H3,(H,24,28). The van der Waals surface area contributed by atoms with Gasteiger partial charge in [0.05, 0.1) is 23.7 Å². The maximum absolute atomic E-state index is 13.6. The molecule has 0 aliphatic carbocycles. The molecule has 1 aromatic carbocycles. The number of allylic oxidation sites excluding steroid dienone is 1. The van der Waals surface area contributed by atoms with Crippen LogP contribution in [0, 0.1) is 5.82 Å². The molecule has 2 unspecified atom stereocenters. The molecular weight excluding hydrogens is 403 g/mol. The van der Waals surface area contributed by atoms with Crippen molar-refractivity contribution in [2.45, 2.75) is 45.7 Å². The highest BCUT2D eigenvalue weighted by Gasteiger charge is 2.40. The summed E-state index contributed by atoms with van der Waals surface area (Å²) < 4.78 is 13.6. The van der Waals surface area contributed by atoms with Crippen molar-refractivity contribution in [3.63, 3.8) is 0 Å². The van der Waals surface area contributed by atoms with E-state index in [9.17, 15) is 14.0 Å². The van der Waals surface area contributed by atoms with E-state index in [4.69, 9.17) is 0 Å². The van der Waals surface area contributed by atoms with Gasteiger partial charge in [-0.1, -0.05) is 30.8 Å². The van der Waals surface area contributed by atoms with Gasteiger partial charge in [0.15, 0.2) is 5.17 Å². The quantitative estimate of drug-likeness (QED) is 0.746. The molecule has 2 aliphatic heterocycles. The van der Waals surface area contributed by atoms with Crippen LogP contribution in [-0.2, 0) is 9.59 Å². The summed E-state index contributed by atoms with van der Waals surface area (Å²) in [6, 6.07) is 5.73. The average Bonchev–Trinajstić information content (AvgIpc) is 3.08. The number of benzene rings is 1. The number of carbonyl (C=O) groups excluding carboxylic acids is 2. The van der Waals surface area contributed by atoms with E-state index in [1.54, 1.807) is 26.2 Å². The van der Waals surface area contributed by atoms with Crippen LogP contribution in [0.1, 0.15) is 45.2 Å². The summed E-state index contributed by atoms with van der Waals surface area (Å²) in [7, 11) is 3.39. The molecule has 30 heavy (non-hydrogen) atoms. The molecule has 1 aromatic rings. The number of halogens is 1. The largest absolute Gasteiger partial charge is 0.353 e. The molecule has 0 aromatic heterocycles. The number of nitrogens with zero attached hydrogens (tertiary/aromatic N) is 3. The average molecular weight is 431 g/mol. The topological polar surface area (TPSA) is 65.0 Å². The van der Waals surface area contributed by atoms with Crippen LogP contribution in [0.15, 0.2) is 51.6 Å². The second-order valence-electron chi connectivity index (χ2n) is 7.70. The van der Waals surface area contributed by atoms with Crippen LogP contribution in [0.5, 0.6) is 0 Å². The number of carbonyl (C=O) groups is 2. The van der Waals surface area contributed by atoms with Crippen molar-refractivity contribution < 1.29 is 14.0 Å². The molecule has 1 N–H and O–H groups in total. The number of fused-ring (bicyclic) bond motifs is 1. The molecule has 2 aliphatic rings. The SMILES string of the molecule is CCC(C)NC(=O)CC1=CSC2=NC(C)=C(C(=O)N(C)C)C(c3ccc(F)cc3)N12. The van der Waals surface area contributed by atoms with Crippen molar-refractivity contribution in [2.75, 3.05) is 14.1 Å². The highest BCUT2D eigenvalue weighted by Crippen LogP contribution is 2.44. The Morgan fingerprint density at radius 2 is 1.97 bits per heavy atom. The Balaban J connectivity index is 2.01. The first-order chi connectivity index (χ1) is 14.2. The van der Waals surface area contributed by atoms with Crippen LogP contribution >= 0.6 is 11.8 Å². The minimum atomic E-state index is -0.481. The van der Waals surface area contributed by atoms with E-state index in [0.29, 0.717) is 16.4 Å². The van der Waals surface area contributed by atoms with Gasteiger partial charge in [-0.15, -0.1) is 0 Å². The van der Waals surface area contributed by atoms with Gasteiger partial charge in [-0.3, -0.25) is 9.59 Å². The molecule has 0 radical (unpaired) electrons. The molecule has 2 atom stereocenters. The Morgan fingerprint density at radius 3 is 2.57 bits per heavy atom. The predicted octanol–water partition coefficient (Wildman–Crippen LogP) is 3.79. The van der Waals surface area contributed by atoms with Gasteiger partial charge in [0.1, 0.15) is 5.82 Å². The van der Waals surface area contributed by atoms with Crippen molar-refractivity contribution in [3.8, 4) is 0 Å². The lowest BCUT2D eigenvalue weighted by molar-refractivity contribution is -0.125. The van der Waals surface area contributed by atoms with Crippen LogP contribution in [0.4, 0.5) is 4.39 Å². The van der Waals surface area contributed by atoms with Gasteiger partial charge in [0.25, 0.3) is 5.91 Å². The zero-order valence-electron chi connectivity index (χ0n) is 17.9. The third kappa shape index (κ3) is 4.43. The summed E-state index contributed by atoms with van der Waals surface area (Å²) in [5.74, 6) is -0.587. The van der Waals surface area contributed by atoms with Crippen LogP contribution < -0.4 is 5.32 Å². The molecule has 0 spiro atoms. The first-order valence-corrected chi connectivity index (χ1v) is 10.8. The number of hydrogen-bond acceptors (Lipinski definition) is 5. The van der Waals surface area contributed by atoms with E-state index < -0.39 is 6.04 Å². The number of nitrogens with one attached hydrogen (secondary N) is 1. The van der Waals surface area contributed by atoms with Gasteiger partial charge in [0.2, 0.25) is 5.91 Å². The Morgan fingerprint density at radius 1 is 1.30 bits per heavy atom. The van der Waals surface area contributed by atoms with Crippen molar-refractivity contribution in [1.29, 1.82) is 0 Å². The first kappa shape index (κ1) is 22.1. The number of amides is 2. The zero-order valence-corrected chi connectivity index (χ0v) is 18.7. The van der Waals surface area contributed by atoms with Crippen molar-refractivity contribution in [3.05, 3.63) is 58.0 Å². The Bertz CT molecular complexity index is 937.